The lowest BCUT2D eigenvalue weighted by Crippen LogP contribution is -2.14. The highest BCUT2D eigenvalue weighted by atomic mass is 14.9. The Kier molecular flexibility index (Phi) is 4.43. The minimum atomic E-state index is 0.458. The molecule has 2 rings (SSSR count). The molecule has 1 aromatic heterocycles. The number of hydrogen-bond donors (Lipinski definition) is 1. The molecule has 1 unspecified atom stereocenters. The van der Waals surface area contributed by atoms with Crippen molar-refractivity contribution in [2.24, 2.45) is 0 Å². The van der Waals surface area contributed by atoms with E-state index in [0.717, 1.165) is 13.0 Å². The first-order valence-electron chi connectivity index (χ1n) is 7.03. The highest BCUT2D eigenvalue weighted by Crippen LogP contribution is 2.18. The van der Waals surface area contributed by atoms with Crippen LogP contribution in [0.25, 0.3) is 0 Å². The number of hydrogen-bond acceptors (Lipinski definition) is 1. The number of benzene rings is 1. The number of rotatable bonds is 5. The van der Waals surface area contributed by atoms with Gasteiger partial charge in [0.15, 0.2) is 0 Å². The molecule has 0 amide bonds. The van der Waals surface area contributed by atoms with E-state index in [-0.39, 0.29) is 0 Å². The lowest BCUT2D eigenvalue weighted by Gasteiger charge is -2.12. The summed E-state index contributed by atoms with van der Waals surface area (Å²) in [7, 11) is 2.02. The van der Waals surface area contributed by atoms with E-state index in [2.05, 4.69) is 67.3 Å². The number of aryl methyl sites for hydroxylation is 2. The van der Waals surface area contributed by atoms with Crippen LogP contribution in [-0.2, 0) is 6.54 Å². The number of nitrogens with zero attached hydrogens (tertiary/aromatic N) is 1. The molecule has 0 saturated heterocycles. The molecule has 0 spiro atoms. The Morgan fingerprint density at radius 1 is 1.21 bits per heavy atom. The van der Waals surface area contributed by atoms with Gasteiger partial charge in [-0.05, 0) is 50.1 Å². The van der Waals surface area contributed by atoms with Crippen molar-refractivity contribution in [3.05, 3.63) is 58.9 Å². The van der Waals surface area contributed by atoms with Crippen LogP contribution in [0.1, 0.15) is 41.6 Å². The molecule has 0 aliphatic rings. The Morgan fingerprint density at radius 3 is 2.68 bits per heavy atom. The molecule has 0 saturated carbocycles. The molecule has 0 aliphatic carbocycles. The van der Waals surface area contributed by atoms with E-state index in [9.17, 15) is 0 Å². The maximum Gasteiger partial charge on any atom is 0.0473 e. The minimum absolute atomic E-state index is 0.458. The van der Waals surface area contributed by atoms with Crippen LogP contribution in [0, 0.1) is 13.8 Å². The summed E-state index contributed by atoms with van der Waals surface area (Å²) >= 11 is 0. The molecule has 102 valence electrons. The van der Waals surface area contributed by atoms with Gasteiger partial charge in [-0.25, -0.2) is 0 Å². The van der Waals surface area contributed by atoms with Crippen LogP contribution < -0.4 is 5.32 Å². The first-order chi connectivity index (χ1) is 9.13. The average molecular weight is 256 g/mol. The second-order valence-corrected chi connectivity index (χ2v) is 5.30. The standard InChI is InChI=1S/C17H24N2/c1-5-17(18-4)15-8-9-19(11-15)12-16-10-13(2)6-7-14(16)3/h6-11,17-18H,5,12H2,1-4H3. The number of aromatic nitrogens is 1. The van der Waals surface area contributed by atoms with Crippen molar-refractivity contribution in [1.29, 1.82) is 0 Å². The summed E-state index contributed by atoms with van der Waals surface area (Å²) in [4.78, 5) is 0. The van der Waals surface area contributed by atoms with Crippen LogP contribution in [0.5, 0.6) is 0 Å². The zero-order valence-electron chi connectivity index (χ0n) is 12.4. The Labute approximate surface area is 116 Å². The lowest BCUT2D eigenvalue weighted by molar-refractivity contribution is 0.575. The molecule has 2 heteroatoms. The molecule has 2 nitrogen and oxygen atoms in total. The molecule has 19 heavy (non-hydrogen) atoms. The van der Waals surface area contributed by atoms with E-state index < -0.39 is 0 Å². The molecule has 1 aromatic carbocycles. The third-order valence-corrected chi connectivity index (χ3v) is 3.79. The van der Waals surface area contributed by atoms with E-state index in [0.29, 0.717) is 6.04 Å². The van der Waals surface area contributed by atoms with Gasteiger partial charge in [0.25, 0.3) is 0 Å². The molecule has 0 aliphatic heterocycles. The van der Waals surface area contributed by atoms with Crippen LogP contribution in [0.2, 0.25) is 0 Å². The zero-order valence-corrected chi connectivity index (χ0v) is 12.4. The average Bonchev–Trinajstić information content (AvgIpc) is 2.84. The van der Waals surface area contributed by atoms with Gasteiger partial charge >= 0.3 is 0 Å². The summed E-state index contributed by atoms with van der Waals surface area (Å²) in [5.41, 5.74) is 5.46. The van der Waals surface area contributed by atoms with Gasteiger partial charge in [-0.15, -0.1) is 0 Å². The molecule has 2 aromatic rings. The monoisotopic (exact) mass is 256 g/mol. The molecule has 0 radical (unpaired) electrons. The Bertz CT molecular complexity index is 536. The summed E-state index contributed by atoms with van der Waals surface area (Å²) < 4.78 is 2.27. The minimum Gasteiger partial charge on any atom is -0.350 e. The van der Waals surface area contributed by atoms with Gasteiger partial charge in [-0.2, -0.15) is 0 Å². The maximum absolute atomic E-state index is 3.35. The Hall–Kier alpha value is -1.54. The molecule has 1 N–H and O–H groups in total. The third-order valence-electron chi connectivity index (χ3n) is 3.79. The van der Waals surface area contributed by atoms with Gasteiger partial charge in [0.2, 0.25) is 0 Å². The summed E-state index contributed by atoms with van der Waals surface area (Å²) in [6.45, 7) is 7.50. The van der Waals surface area contributed by atoms with Crippen LogP contribution in [0.4, 0.5) is 0 Å². The fraction of sp³-hybridized carbons (Fsp3) is 0.412. The predicted octanol–water partition coefficient (Wildman–Crippen LogP) is 3.82. The first kappa shape index (κ1) is 13.9. The van der Waals surface area contributed by atoms with E-state index in [4.69, 9.17) is 0 Å². The predicted molar refractivity (Wildman–Crippen MR) is 81.5 cm³/mol. The van der Waals surface area contributed by atoms with Crippen LogP contribution in [0.3, 0.4) is 0 Å². The molecule has 0 bridgehead atoms. The van der Waals surface area contributed by atoms with E-state index in [1.165, 1.54) is 22.3 Å². The van der Waals surface area contributed by atoms with Crippen LogP contribution in [-0.4, -0.2) is 11.6 Å². The van der Waals surface area contributed by atoms with Gasteiger partial charge in [0.05, 0.1) is 0 Å². The van der Waals surface area contributed by atoms with Crippen molar-refractivity contribution in [2.75, 3.05) is 7.05 Å². The Morgan fingerprint density at radius 2 is 2.00 bits per heavy atom. The fourth-order valence-electron chi connectivity index (χ4n) is 2.54. The Balaban J connectivity index is 2.18. The third kappa shape index (κ3) is 3.27. The smallest absolute Gasteiger partial charge is 0.0473 e. The van der Waals surface area contributed by atoms with Crippen LogP contribution >= 0.6 is 0 Å². The second kappa shape index (κ2) is 6.07. The summed E-state index contributed by atoms with van der Waals surface area (Å²) in [6, 6.07) is 9.34. The van der Waals surface area contributed by atoms with Crippen molar-refractivity contribution in [3.8, 4) is 0 Å². The zero-order chi connectivity index (χ0) is 13.8. The van der Waals surface area contributed by atoms with Gasteiger partial charge in [-0.1, -0.05) is 30.7 Å². The largest absolute Gasteiger partial charge is 0.350 e. The summed E-state index contributed by atoms with van der Waals surface area (Å²) in [5.74, 6) is 0. The first-order valence-corrected chi connectivity index (χ1v) is 7.03. The quantitative estimate of drug-likeness (QED) is 0.860. The lowest BCUT2D eigenvalue weighted by atomic mass is 10.1. The van der Waals surface area contributed by atoms with Gasteiger partial charge in [0.1, 0.15) is 0 Å². The maximum atomic E-state index is 3.35. The van der Waals surface area contributed by atoms with Crippen molar-refractivity contribution in [3.63, 3.8) is 0 Å². The highest BCUT2D eigenvalue weighted by molar-refractivity contribution is 5.31. The number of nitrogens with one attached hydrogen (secondary N) is 1. The molecular weight excluding hydrogens is 232 g/mol. The topological polar surface area (TPSA) is 17.0 Å². The van der Waals surface area contributed by atoms with E-state index in [1.54, 1.807) is 0 Å². The van der Waals surface area contributed by atoms with Crippen molar-refractivity contribution >= 4 is 0 Å². The molecule has 1 heterocycles. The summed E-state index contributed by atoms with van der Waals surface area (Å²) in [6.07, 6.45) is 5.55. The van der Waals surface area contributed by atoms with Crippen molar-refractivity contribution in [1.82, 2.24) is 9.88 Å². The van der Waals surface area contributed by atoms with Gasteiger partial charge < -0.3 is 9.88 Å². The SMILES string of the molecule is CCC(NC)c1ccn(Cc2cc(C)ccc2C)c1. The van der Waals surface area contributed by atoms with Crippen LogP contribution in [0.15, 0.2) is 36.7 Å². The normalized spacial score (nSPS) is 12.6. The van der Waals surface area contributed by atoms with E-state index in [1.807, 2.05) is 7.05 Å². The van der Waals surface area contributed by atoms with Gasteiger partial charge in [-0.3, -0.25) is 0 Å². The van der Waals surface area contributed by atoms with Crippen molar-refractivity contribution in [2.45, 2.75) is 39.8 Å². The molecule has 0 fully saturated rings. The van der Waals surface area contributed by atoms with Crippen molar-refractivity contribution < 1.29 is 0 Å². The van der Waals surface area contributed by atoms with E-state index >= 15 is 0 Å². The summed E-state index contributed by atoms with van der Waals surface area (Å²) in [5, 5.41) is 3.35. The molecule has 1 atom stereocenters. The highest BCUT2D eigenvalue weighted by Gasteiger charge is 2.08. The molecular formula is C17H24N2. The van der Waals surface area contributed by atoms with Gasteiger partial charge in [0, 0.05) is 25.0 Å². The second-order valence-electron chi connectivity index (χ2n) is 5.30. The fourth-order valence-corrected chi connectivity index (χ4v) is 2.54.